The van der Waals surface area contributed by atoms with E-state index >= 15 is 0 Å². The smallest absolute Gasteiger partial charge is 0.237 e. The molecule has 0 aliphatic carbocycles. The fraction of sp³-hybridized carbons (Fsp3) is 0.900. The number of amides is 1. The Bertz CT molecular complexity index is 237. The van der Waals surface area contributed by atoms with E-state index in [4.69, 9.17) is 10.5 Å². The summed E-state index contributed by atoms with van der Waals surface area (Å²) in [5, 5.41) is 2.97. The number of ether oxygens (including phenoxy) is 1. The lowest BCUT2D eigenvalue weighted by Crippen LogP contribution is -2.48. The van der Waals surface area contributed by atoms with E-state index in [0.29, 0.717) is 12.5 Å². The van der Waals surface area contributed by atoms with Crippen LogP contribution in [0.15, 0.2) is 0 Å². The highest BCUT2D eigenvalue weighted by atomic mass is 35.5. The van der Waals surface area contributed by atoms with Crippen molar-refractivity contribution in [3.8, 4) is 0 Å². The highest BCUT2D eigenvalue weighted by Crippen LogP contribution is 2.34. The monoisotopic (exact) mass is 234 g/mol. The second kappa shape index (κ2) is 5.14. The van der Waals surface area contributed by atoms with Crippen LogP contribution in [0.2, 0.25) is 0 Å². The number of rotatable bonds is 3. The summed E-state index contributed by atoms with van der Waals surface area (Å²) in [6.45, 7) is 1.92. The third-order valence-corrected chi connectivity index (χ3v) is 3.21. The van der Waals surface area contributed by atoms with Gasteiger partial charge >= 0.3 is 0 Å². The standard InChI is InChI=1S/C10H18N2O2.ClH/c1-2-7(11)10(13)12-8-5-6-3-4-9(8)14-6;/h6-9H,2-5,11H2,1H3,(H,12,13);1H/t6-,7-,8-,9+;/m1./s1. The number of halogens is 1. The van der Waals surface area contributed by atoms with Gasteiger partial charge in [-0.05, 0) is 25.7 Å². The summed E-state index contributed by atoms with van der Waals surface area (Å²) >= 11 is 0. The first kappa shape index (κ1) is 12.7. The maximum atomic E-state index is 11.5. The molecule has 2 aliphatic rings. The molecule has 2 rings (SSSR count). The second-order valence-electron chi connectivity index (χ2n) is 4.24. The van der Waals surface area contributed by atoms with E-state index in [1.165, 1.54) is 0 Å². The number of nitrogens with two attached hydrogens (primary N) is 1. The number of carbonyl (C=O) groups excluding carboxylic acids is 1. The van der Waals surface area contributed by atoms with Crippen molar-refractivity contribution in [1.82, 2.24) is 5.32 Å². The van der Waals surface area contributed by atoms with Gasteiger partial charge in [0.25, 0.3) is 0 Å². The van der Waals surface area contributed by atoms with E-state index in [9.17, 15) is 4.79 Å². The Morgan fingerprint density at radius 2 is 2.33 bits per heavy atom. The van der Waals surface area contributed by atoms with Gasteiger partial charge < -0.3 is 15.8 Å². The van der Waals surface area contributed by atoms with Crippen molar-refractivity contribution in [1.29, 1.82) is 0 Å². The van der Waals surface area contributed by atoms with Crippen LogP contribution in [0.4, 0.5) is 0 Å². The topological polar surface area (TPSA) is 64.4 Å². The minimum atomic E-state index is -0.367. The van der Waals surface area contributed by atoms with Crippen LogP contribution in [-0.4, -0.2) is 30.2 Å². The van der Waals surface area contributed by atoms with Gasteiger partial charge in [0.15, 0.2) is 0 Å². The summed E-state index contributed by atoms with van der Waals surface area (Å²) in [6.07, 6.45) is 4.50. The van der Waals surface area contributed by atoms with Crippen molar-refractivity contribution in [3.05, 3.63) is 0 Å². The van der Waals surface area contributed by atoms with Gasteiger partial charge in [-0.3, -0.25) is 4.79 Å². The van der Waals surface area contributed by atoms with E-state index in [0.717, 1.165) is 19.3 Å². The summed E-state index contributed by atoms with van der Waals surface area (Å²) < 4.78 is 5.64. The summed E-state index contributed by atoms with van der Waals surface area (Å²) in [6, 6.07) is -0.159. The molecule has 0 unspecified atom stereocenters. The minimum absolute atomic E-state index is 0. The maximum Gasteiger partial charge on any atom is 0.237 e. The quantitative estimate of drug-likeness (QED) is 0.751. The zero-order valence-electron chi connectivity index (χ0n) is 8.94. The van der Waals surface area contributed by atoms with Crippen LogP contribution in [0, 0.1) is 0 Å². The average molecular weight is 235 g/mol. The van der Waals surface area contributed by atoms with E-state index in [1.54, 1.807) is 0 Å². The Hall–Kier alpha value is -0.320. The van der Waals surface area contributed by atoms with E-state index in [-0.39, 0.29) is 36.5 Å². The van der Waals surface area contributed by atoms with E-state index < -0.39 is 0 Å². The third kappa shape index (κ3) is 2.62. The summed E-state index contributed by atoms with van der Waals surface area (Å²) in [5.74, 6) is -0.0337. The molecule has 4 atom stereocenters. The molecule has 0 radical (unpaired) electrons. The molecular formula is C10H19ClN2O2. The summed E-state index contributed by atoms with van der Waals surface area (Å²) in [4.78, 5) is 11.5. The number of carbonyl (C=O) groups is 1. The van der Waals surface area contributed by atoms with Crippen molar-refractivity contribution in [2.75, 3.05) is 0 Å². The van der Waals surface area contributed by atoms with E-state index in [2.05, 4.69) is 5.32 Å². The molecular weight excluding hydrogens is 216 g/mol. The molecule has 2 bridgehead atoms. The van der Waals surface area contributed by atoms with Crippen LogP contribution in [0.25, 0.3) is 0 Å². The molecule has 3 N–H and O–H groups in total. The Labute approximate surface area is 96.3 Å². The third-order valence-electron chi connectivity index (χ3n) is 3.21. The molecule has 0 aromatic carbocycles. The molecule has 15 heavy (non-hydrogen) atoms. The molecule has 2 fully saturated rings. The van der Waals surface area contributed by atoms with Crippen LogP contribution < -0.4 is 11.1 Å². The molecule has 5 heteroatoms. The van der Waals surface area contributed by atoms with Gasteiger partial charge in [0.2, 0.25) is 5.91 Å². The number of fused-ring (bicyclic) bond motifs is 2. The lowest BCUT2D eigenvalue weighted by Gasteiger charge is -2.21. The molecule has 2 heterocycles. The average Bonchev–Trinajstić information content (AvgIpc) is 2.77. The SMILES string of the molecule is CC[C@@H](N)C(=O)N[C@@H]1C[C@H]2CC[C@@H]1O2.Cl. The molecule has 2 aliphatic heterocycles. The van der Waals surface area contributed by atoms with Gasteiger partial charge in [-0.2, -0.15) is 0 Å². The summed E-state index contributed by atoms with van der Waals surface area (Å²) in [5.41, 5.74) is 5.64. The largest absolute Gasteiger partial charge is 0.373 e. The van der Waals surface area contributed by atoms with Gasteiger partial charge in [-0.25, -0.2) is 0 Å². The van der Waals surface area contributed by atoms with Gasteiger partial charge in [0.1, 0.15) is 0 Å². The van der Waals surface area contributed by atoms with Gasteiger partial charge in [-0.1, -0.05) is 6.92 Å². The maximum absolute atomic E-state index is 11.5. The first-order chi connectivity index (χ1) is 6.70. The Morgan fingerprint density at radius 3 is 2.80 bits per heavy atom. The fourth-order valence-electron chi connectivity index (χ4n) is 2.26. The van der Waals surface area contributed by atoms with Crippen LogP contribution >= 0.6 is 12.4 Å². The predicted molar refractivity (Wildman–Crippen MR) is 60.0 cm³/mol. The number of hydrogen-bond donors (Lipinski definition) is 2. The van der Waals surface area contributed by atoms with Crippen molar-refractivity contribution in [2.45, 2.75) is 56.9 Å². The summed E-state index contributed by atoms with van der Waals surface area (Å²) in [7, 11) is 0. The molecule has 0 spiro atoms. The van der Waals surface area contributed by atoms with Gasteiger partial charge in [-0.15, -0.1) is 12.4 Å². The molecule has 0 aromatic rings. The Balaban J connectivity index is 0.00000112. The number of hydrogen-bond acceptors (Lipinski definition) is 3. The fourth-order valence-corrected chi connectivity index (χ4v) is 2.26. The van der Waals surface area contributed by atoms with E-state index in [1.807, 2.05) is 6.92 Å². The zero-order valence-corrected chi connectivity index (χ0v) is 9.76. The second-order valence-corrected chi connectivity index (χ2v) is 4.24. The lowest BCUT2D eigenvalue weighted by molar-refractivity contribution is -0.123. The first-order valence-electron chi connectivity index (χ1n) is 5.42. The van der Waals surface area contributed by atoms with Gasteiger partial charge in [0.05, 0.1) is 24.3 Å². The molecule has 2 saturated heterocycles. The van der Waals surface area contributed by atoms with Gasteiger partial charge in [0, 0.05) is 0 Å². The Morgan fingerprint density at radius 1 is 1.60 bits per heavy atom. The highest BCUT2D eigenvalue weighted by molar-refractivity contribution is 5.85. The molecule has 4 nitrogen and oxygen atoms in total. The van der Waals surface area contributed by atoms with Crippen molar-refractivity contribution in [2.24, 2.45) is 5.73 Å². The van der Waals surface area contributed by atoms with Crippen LogP contribution in [0.1, 0.15) is 32.6 Å². The Kier molecular flexibility index (Phi) is 4.37. The van der Waals surface area contributed by atoms with Crippen LogP contribution in [-0.2, 0) is 9.53 Å². The van der Waals surface area contributed by atoms with Crippen LogP contribution in [0.5, 0.6) is 0 Å². The molecule has 0 saturated carbocycles. The molecule has 0 aromatic heterocycles. The predicted octanol–water partition coefficient (Wildman–Crippen LogP) is 0.582. The van der Waals surface area contributed by atoms with Crippen LogP contribution in [0.3, 0.4) is 0 Å². The van der Waals surface area contributed by atoms with Crippen molar-refractivity contribution < 1.29 is 9.53 Å². The molecule has 88 valence electrons. The zero-order chi connectivity index (χ0) is 10.1. The lowest BCUT2D eigenvalue weighted by atomic mass is 9.95. The number of nitrogens with one attached hydrogen (secondary N) is 1. The highest BCUT2D eigenvalue weighted by Gasteiger charge is 2.41. The first-order valence-corrected chi connectivity index (χ1v) is 5.42. The molecule has 1 amide bonds. The van der Waals surface area contributed by atoms with Crippen molar-refractivity contribution in [3.63, 3.8) is 0 Å². The minimum Gasteiger partial charge on any atom is -0.373 e. The normalized spacial score (nSPS) is 34.7. The van der Waals surface area contributed by atoms with Crippen molar-refractivity contribution >= 4 is 18.3 Å².